The molecule has 50 heavy (non-hydrogen) atoms. The molecule has 0 radical (unpaired) electrons. The van der Waals surface area contributed by atoms with E-state index in [-0.39, 0.29) is 17.2 Å². The van der Waals surface area contributed by atoms with Crippen LogP contribution in [-0.2, 0) is 5.41 Å². The lowest BCUT2D eigenvalue weighted by Gasteiger charge is -2.38. The highest BCUT2D eigenvalue weighted by atomic mass is 15.2. The number of amidine groups is 2. The van der Waals surface area contributed by atoms with Gasteiger partial charge in [0, 0.05) is 30.6 Å². The molecule has 1 aromatic carbocycles. The van der Waals surface area contributed by atoms with E-state index in [4.69, 9.17) is 39.2 Å². The molecule has 8 nitrogen and oxygen atoms in total. The van der Waals surface area contributed by atoms with E-state index in [0.717, 1.165) is 49.2 Å². The fourth-order valence-corrected chi connectivity index (χ4v) is 7.39. The number of nitrogens with one attached hydrogen (secondary N) is 3. The van der Waals surface area contributed by atoms with E-state index in [1.54, 1.807) is 0 Å². The van der Waals surface area contributed by atoms with Crippen molar-refractivity contribution in [3.63, 3.8) is 0 Å². The zero-order valence-electron chi connectivity index (χ0n) is 34.4. The summed E-state index contributed by atoms with van der Waals surface area (Å²) < 4.78 is 0. The van der Waals surface area contributed by atoms with Crippen LogP contribution in [-0.4, -0.2) is 41.7 Å². The normalized spacial score (nSPS) is 23.5. The number of benzene rings is 1. The number of hydrogen-bond donors (Lipinski definition) is 7. The van der Waals surface area contributed by atoms with Crippen LogP contribution in [0.1, 0.15) is 158 Å². The topological polar surface area (TPSA) is 179 Å². The molecule has 2 aliphatic carbocycles. The highest BCUT2D eigenvalue weighted by Gasteiger charge is 2.31. The SMILES string of the molecule is CC(C)(C)C1CCC(C(=N)N)CC1.CC(C)(C)C1CCC(N)CC1.CC(C)(C)C1CCN(C(=N)N)CC1.CC(C)(C)c1ccc(C(=N)N)cc1. The van der Waals surface area contributed by atoms with E-state index in [1.807, 2.05) is 29.2 Å². The number of nitrogens with zero attached hydrogens (tertiary/aromatic N) is 1. The van der Waals surface area contributed by atoms with Crippen LogP contribution in [0.25, 0.3) is 0 Å². The smallest absolute Gasteiger partial charge is 0.188 e. The first kappa shape index (κ1) is 45.4. The lowest BCUT2D eigenvalue weighted by atomic mass is 9.69. The summed E-state index contributed by atoms with van der Waals surface area (Å²) in [5, 5.41) is 21.9. The minimum Gasteiger partial charge on any atom is -0.387 e. The maximum absolute atomic E-state index is 7.39. The second-order valence-electron chi connectivity index (χ2n) is 19.6. The Labute approximate surface area is 308 Å². The van der Waals surface area contributed by atoms with Crippen LogP contribution in [0.5, 0.6) is 0 Å². The van der Waals surface area contributed by atoms with Gasteiger partial charge in [0.2, 0.25) is 0 Å². The number of piperidine rings is 1. The molecule has 3 aliphatic rings. The predicted octanol–water partition coefficient (Wildman–Crippen LogP) is 9.23. The van der Waals surface area contributed by atoms with E-state index < -0.39 is 0 Å². The monoisotopic (exact) mass is 697 g/mol. The fourth-order valence-electron chi connectivity index (χ4n) is 7.39. The van der Waals surface area contributed by atoms with Crippen molar-refractivity contribution < 1.29 is 0 Å². The molecule has 0 bridgehead atoms. The molecule has 0 spiro atoms. The lowest BCUT2D eigenvalue weighted by Crippen LogP contribution is -2.44. The molecule has 4 rings (SSSR count). The van der Waals surface area contributed by atoms with Crippen LogP contribution in [0.15, 0.2) is 24.3 Å². The summed E-state index contributed by atoms with van der Waals surface area (Å²) in [6, 6.07) is 8.33. The molecule has 0 atom stereocenters. The van der Waals surface area contributed by atoms with Crippen molar-refractivity contribution in [1.82, 2.24) is 4.90 Å². The van der Waals surface area contributed by atoms with Gasteiger partial charge in [-0.25, -0.2) is 0 Å². The third-order valence-electron chi connectivity index (χ3n) is 11.5. The Morgan fingerprint density at radius 2 is 0.920 bits per heavy atom. The van der Waals surface area contributed by atoms with Crippen molar-refractivity contribution in [1.29, 1.82) is 16.2 Å². The summed E-state index contributed by atoms with van der Waals surface area (Å²) in [6.07, 6.45) is 12.2. The molecule has 3 fully saturated rings. The molecule has 11 N–H and O–H groups in total. The van der Waals surface area contributed by atoms with Crippen molar-refractivity contribution in [2.75, 3.05) is 13.1 Å². The van der Waals surface area contributed by atoms with E-state index in [0.29, 0.717) is 34.0 Å². The maximum atomic E-state index is 7.39. The molecule has 0 amide bonds. The largest absolute Gasteiger partial charge is 0.387 e. The molecule has 1 saturated heterocycles. The Kier molecular flexibility index (Phi) is 17.5. The first-order valence-corrected chi connectivity index (χ1v) is 19.4. The van der Waals surface area contributed by atoms with Gasteiger partial charge in [-0.2, -0.15) is 0 Å². The van der Waals surface area contributed by atoms with Gasteiger partial charge in [-0.05, 0) is 109 Å². The molecule has 0 aromatic heterocycles. The molecule has 1 aromatic rings. The summed E-state index contributed by atoms with van der Waals surface area (Å²) in [5.74, 6) is 3.63. The standard InChI is InChI=1S/C11H22N2.C11H16N2.C10H21N3.C10H21N/c2*1-11(2,3)9-6-4-8(5-7-9)10(12)13;1-10(2,3)8-4-6-13(7-5-8)9(11)12;1-10(2,3)8-4-6-9(11)7-5-8/h8-9H,4-7H2,1-3H3,(H3,12,13);4-7H,1-3H3,(H3,12,13);8H,4-7H2,1-3H3,(H3,11,12);8-9H,4-7,11H2,1-3H3. The first-order chi connectivity index (χ1) is 22.7. The molecule has 2 saturated carbocycles. The quantitative estimate of drug-likeness (QED) is 0.120. The Bertz CT molecular complexity index is 1110. The summed E-state index contributed by atoms with van der Waals surface area (Å²) in [5.41, 5.74) is 25.7. The van der Waals surface area contributed by atoms with Gasteiger partial charge in [0.1, 0.15) is 5.84 Å². The van der Waals surface area contributed by atoms with E-state index in [9.17, 15) is 0 Å². The second-order valence-corrected chi connectivity index (χ2v) is 19.6. The number of hydrogen-bond acceptors (Lipinski definition) is 4. The third kappa shape index (κ3) is 16.6. The van der Waals surface area contributed by atoms with Crippen LogP contribution in [0.2, 0.25) is 0 Å². The molecular formula is C42H80N8. The molecular weight excluding hydrogens is 617 g/mol. The van der Waals surface area contributed by atoms with Crippen LogP contribution in [0.3, 0.4) is 0 Å². The molecule has 8 heteroatoms. The van der Waals surface area contributed by atoms with Crippen LogP contribution < -0.4 is 22.9 Å². The summed E-state index contributed by atoms with van der Waals surface area (Å²) in [6.45, 7) is 29.2. The van der Waals surface area contributed by atoms with Gasteiger partial charge in [0.25, 0.3) is 0 Å². The van der Waals surface area contributed by atoms with Crippen molar-refractivity contribution in [3.8, 4) is 0 Å². The van der Waals surface area contributed by atoms with E-state index >= 15 is 0 Å². The number of likely N-dealkylation sites (tertiary alicyclic amines) is 1. The highest BCUT2D eigenvalue weighted by Crippen LogP contribution is 2.40. The minimum atomic E-state index is 0.125. The van der Waals surface area contributed by atoms with Crippen molar-refractivity contribution in [3.05, 3.63) is 35.4 Å². The second kappa shape index (κ2) is 19.3. The zero-order chi connectivity index (χ0) is 38.7. The number of guanidine groups is 1. The Morgan fingerprint density at radius 3 is 1.22 bits per heavy atom. The Balaban J connectivity index is 0.000000334. The average molecular weight is 697 g/mol. The van der Waals surface area contributed by atoms with Gasteiger partial charge < -0.3 is 27.8 Å². The maximum Gasteiger partial charge on any atom is 0.188 e. The molecule has 1 heterocycles. The Morgan fingerprint density at radius 1 is 0.560 bits per heavy atom. The van der Waals surface area contributed by atoms with E-state index in [2.05, 4.69) is 83.1 Å². The highest BCUT2D eigenvalue weighted by molar-refractivity contribution is 5.94. The van der Waals surface area contributed by atoms with Crippen LogP contribution >= 0.6 is 0 Å². The zero-order valence-corrected chi connectivity index (χ0v) is 34.4. The first-order valence-electron chi connectivity index (χ1n) is 19.4. The molecule has 288 valence electrons. The van der Waals surface area contributed by atoms with E-state index in [1.165, 1.54) is 56.9 Å². The fraction of sp³-hybridized carbons (Fsp3) is 0.786. The van der Waals surface area contributed by atoms with Gasteiger partial charge in [-0.15, -0.1) is 0 Å². The van der Waals surface area contributed by atoms with Crippen molar-refractivity contribution in [2.45, 2.75) is 159 Å². The average Bonchev–Trinajstić information content (AvgIpc) is 3.00. The van der Waals surface area contributed by atoms with Gasteiger partial charge in [-0.3, -0.25) is 16.2 Å². The van der Waals surface area contributed by atoms with Gasteiger partial charge in [0.15, 0.2) is 5.96 Å². The predicted molar refractivity (Wildman–Crippen MR) is 218 cm³/mol. The lowest BCUT2D eigenvalue weighted by molar-refractivity contribution is 0.148. The number of nitrogens with two attached hydrogens (primary N) is 4. The van der Waals surface area contributed by atoms with Crippen LogP contribution in [0.4, 0.5) is 0 Å². The van der Waals surface area contributed by atoms with Crippen LogP contribution in [0, 0.1) is 56.1 Å². The number of nitrogen functional groups attached to an aromatic ring is 1. The third-order valence-corrected chi connectivity index (χ3v) is 11.5. The van der Waals surface area contributed by atoms with Crippen molar-refractivity contribution in [2.24, 2.45) is 62.9 Å². The minimum absolute atomic E-state index is 0.125. The Hall–Kier alpha value is -2.61. The summed E-state index contributed by atoms with van der Waals surface area (Å²) >= 11 is 0. The van der Waals surface area contributed by atoms with Gasteiger partial charge in [-0.1, -0.05) is 107 Å². The van der Waals surface area contributed by atoms with Crippen molar-refractivity contribution >= 4 is 17.6 Å². The number of rotatable bonds is 2. The summed E-state index contributed by atoms with van der Waals surface area (Å²) in [7, 11) is 0. The molecule has 1 aliphatic heterocycles. The summed E-state index contributed by atoms with van der Waals surface area (Å²) in [4.78, 5) is 1.96. The molecule has 0 unspecified atom stereocenters. The van der Waals surface area contributed by atoms with Gasteiger partial charge in [0.05, 0.1) is 5.84 Å². The van der Waals surface area contributed by atoms with Gasteiger partial charge >= 0.3 is 0 Å².